The second-order valence-electron chi connectivity index (χ2n) is 7.63. The number of aryl methyl sites for hydroxylation is 1. The Bertz CT molecular complexity index is 1310. The number of aromatic nitrogens is 2. The number of para-hydroxylation sites is 1. The summed E-state index contributed by atoms with van der Waals surface area (Å²) in [6.07, 6.45) is 6.54. The number of nitrogens with one attached hydrogen (secondary N) is 2. The third-order valence-electron chi connectivity index (χ3n) is 5.19. The summed E-state index contributed by atoms with van der Waals surface area (Å²) in [5.41, 5.74) is 4.68. The van der Waals surface area contributed by atoms with Crippen LogP contribution < -0.4 is 10.2 Å². The molecule has 33 heavy (non-hydrogen) atoms. The van der Waals surface area contributed by atoms with E-state index in [-0.39, 0.29) is 11.8 Å². The van der Waals surface area contributed by atoms with E-state index in [9.17, 15) is 9.59 Å². The van der Waals surface area contributed by atoms with Crippen LogP contribution in [-0.4, -0.2) is 28.8 Å². The molecular formula is C27H24N4O2. The van der Waals surface area contributed by atoms with Crippen molar-refractivity contribution in [2.24, 2.45) is 0 Å². The molecule has 0 saturated heterocycles. The summed E-state index contributed by atoms with van der Waals surface area (Å²) in [7, 11) is 1.75. The van der Waals surface area contributed by atoms with Crippen LogP contribution in [0.15, 0.2) is 91.3 Å². The van der Waals surface area contributed by atoms with E-state index in [1.165, 1.54) is 6.08 Å². The number of hydrogen-bond donors (Lipinski definition) is 2. The van der Waals surface area contributed by atoms with E-state index in [1.807, 2.05) is 61.5 Å². The highest BCUT2D eigenvalue weighted by atomic mass is 16.2. The van der Waals surface area contributed by atoms with Gasteiger partial charge in [-0.15, -0.1) is 0 Å². The molecule has 164 valence electrons. The van der Waals surface area contributed by atoms with Gasteiger partial charge in [-0.25, -0.2) is 4.98 Å². The van der Waals surface area contributed by atoms with Crippen LogP contribution in [0.4, 0.5) is 11.4 Å². The number of hydrogen-bond acceptors (Lipinski definition) is 3. The van der Waals surface area contributed by atoms with E-state index in [2.05, 4.69) is 15.3 Å². The number of rotatable bonds is 6. The van der Waals surface area contributed by atoms with Crippen LogP contribution in [0.1, 0.15) is 21.5 Å². The van der Waals surface area contributed by atoms with Crippen LogP contribution in [0.2, 0.25) is 0 Å². The number of H-pyrrole nitrogens is 1. The van der Waals surface area contributed by atoms with Crippen molar-refractivity contribution >= 4 is 29.3 Å². The van der Waals surface area contributed by atoms with Crippen molar-refractivity contribution in [3.63, 3.8) is 0 Å². The quantitative estimate of drug-likeness (QED) is 0.402. The average molecular weight is 437 g/mol. The topological polar surface area (TPSA) is 78.1 Å². The van der Waals surface area contributed by atoms with Gasteiger partial charge in [0.1, 0.15) is 5.82 Å². The molecule has 1 aromatic heterocycles. The number of carbonyl (C=O) groups is 2. The van der Waals surface area contributed by atoms with Gasteiger partial charge in [0.25, 0.3) is 5.91 Å². The van der Waals surface area contributed by atoms with Crippen LogP contribution in [0.5, 0.6) is 0 Å². The summed E-state index contributed by atoms with van der Waals surface area (Å²) in [5.74, 6) is 0.286. The third-order valence-corrected chi connectivity index (χ3v) is 5.19. The Morgan fingerprint density at radius 1 is 1.00 bits per heavy atom. The molecule has 0 radical (unpaired) electrons. The minimum Gasteiger partial charge on any atom is -0.345 e. The predicted molar refractivity (Wildman–Crippen MR) is 132 cm³/mol. The molecule has 0 aliphatic rings. The van der Waals surface area contributed by atoms with Gasteiger partial charge in [-0.05, 0) is 60.5 Å². The molecule has 6 heteroatoms. The van der Waals surface area contributed by atoms with E-state index in [1.54, 1.807) is 48.6 Å². The standard InChI is InChI=1S/C27H24N4O2/c1-19-7-5-10-22(17-19)31(2)27(33)21-9-6-8-20(18-21)13-14-25(32)30-24-12-4-3-11-23(24)26-28-15-16-29-26/h3-18H,1-2H3,(H,28,29)(H,30,32)/b14-13+. The predicted octanol–water partition coefficient (Wildman–Crippen LogP) is 5.31. The Morgan fingerprint density at radius 3 is 2.61 bits per heavy atom. The van der Waals surface area contributed by atoms with Gasteiger partial charge in [0.05, 0.1) is 5.69 Å². The third kappa shape index (κ3) is 5.25. The smallest absolute Gasteiger partial charge is 0.258 e. The van der Waals surface area contributed by atoms with Gasteiger partial charge in [0.15, 0.2) is 0 Å². The summed E-state index contributed by atoms with van der Waals surface area (Å²) >= 11 is 0. The molecule has 0 spiro atoms. The molecular weight excluding hydrogens is 412 g/mol. The van der Waals surface area contributed by atoms with Gasteiger partial charge in [-0.1, -0.05) is 36.4 Å². The number of aromatic amines is 1. The van der Waals surface area contributed by atoms with Crippen LogP contribution in [0.25, 0.3) is 17.5 Å². The van der Waals surface area contributed by atoms with Gasteiger partial charge < -0.3 is 15.2 Å². The Balaban J connectivity index is 1.47. The molecule has 0 saturated carbocycles. The van der Waals surface area contributed by atoms with Crippen molar-refractivity contribution in [2.75, 3.05) is 17.3 Å². The SMILES string of the molecule is Cc1cccc(N(C)C(=O)c2cccc(/C=C/C(=O)Nc3ccccc3-c3ncc[nH]3)c2)c1. The number of nitrogens with zero attached hydrogens (tertiary/aromatic N) is 2. The number of carbonyl (C=O) groups excluding carboxylic acids is 2. The van der Waals surface area contributed by atoms with Gasteiger partial charge in [0.2, 0.25) is 5.91 Å². The van der Waals surface area contributed by atoms with E-state index >= 15 is 0 Å². The molecule has 0 bridgehead atoms. The summed E-state index contributed by atoms with van der Waals surface area (Å²) in [5, 5.41) is 2.89. The second-order valence-corrected chi connectivity index (χ2v) is 7.63. The maximum Gasteiger partial charge on any atom is 0.258 e. The zero-order valence-corrected chi connectivity index (χ0v) is 18.4. The zero-order chi connectivity index (χ0) is 23.2. The fourth-order valence-corrected chi connectivity index (χ4v) is 3.48. The number of anilines is 2. The van der Waals surface area contributed by atoms with Crippen molar-refractivity contribution < 1.29 is 9.59 Å². The lowest BCUT2D eigenvalue weighted by Crippen LogP contribution is -2.26. The van der Waals surface area contributed by atoms with Crippen LogP contribution in [-0.2, 0) is 4.79 Å². The van der Waals surface area contributed by atoms with Crippen LogP contribution in [0.3, 0.4) is 0 Å². The number of amides is 2. The molecule has 3 aromatic carbocycles. The highest BCUT2D eigenvalue weighted by molar-refractivity contribution is 6.07. The van der Waals surface area contributed by atoms with Crippen molar-refractivity contribution in [3.05, 3.63) is 108 Å². The highest BCUT2D eigenvalue weighted by Gasteiger charge is 2.14. The summed E-state index contributed by atoms with van der Waals surface area (Å²) in [4.78, 5) is 34.4. The molecule has 0 atom stereocenters. The van der Waals surface area contributed by atoms with Gasteiger partial charge in [0, 0.05) is 42.3 Å². The fourth-order valence-electron chi connectivity index (χ4n) is 3.48. The Labute approximate surface area is 192 Å². The zero-order valence-electron chi connectivity index (χ0n) is 18.4. The molecule has 1 heterocycles. The van der Waals surface area contributed by atoms with Gasteiger partial charge >= 0.3 is 0 Å². The van der Waals surface area contributed by atoms with E-state index in [4.69, 9.17) is 0 Å². The lowest BCUT2D eigenvalue weighted by molar-refractivity contribution is -0.111. The molecule has 0 aliphatic carbocycles. The van der Waals surface area contributed by atoms with Crippen LogP contribution in [0, 0.1) is 6.92 Å². The normalized spacial score (nSPS) is 10.8. The van der Waals surface area contributed by atoms with Crippen LogP contribution >= 0.6 is 0 Å². The monoisotopic (exact) mass is 436 g/mol. The molecule has 4 aromatic rings. The largest absolute Gasteiger partial charge is 0.345 e. The lowest BCUT2D eigenvalue weighted by Gasteiger charge is -2.18. The highest BCUT2D eigenvalue weighted by Crippen LogP contribution is 2.24. The molecule has 0 aliphatic heterocycles. The maximum absolute atomic E-state index is 13.0. The maximum atomic E-state index is 13.0. The van der Waals surface area contributed by atoms with Crippen molar-refractivity contribution in [2.45, 2.75) is 6.92 Å². The first-order valence-electron chi connectivity index (χ1n) is 10.5. The first kappa shape index (κ1) is 21.8. The van der Waals surface area contributed by atoms with Crippen molar-refractivity contribution in [1.82, 2.24) is 9.97 Å². The molecule has 6 nitrogen and oxygen atoms in total. The molecule has 0 fully saturated rings. The second kappa shape index (κ2) is 9.78. The molecule has 2 N–H and O–H groups in total. The Kier molecular flexibility index (Phi) is 6.45. The summed E-state index contributed by atoms with van der Waals surface area (Å²) in [6.45, 7) is 1.99. The summed E-state index contributed by atoms with van der Waals surface area (Å²) < 4.78 is 0. The van der Waals surface area contributed by atoms with E-state index < -0.39 is 0 Å². The Morgan fingerprint density at radius 2 is 1.82 bits per heavy atom. The van der Waals surface area contributed by atoms with E-state index in [0.29, 0.717) is 17.1 Å². The number of benzene rings is 3. The Hall–Kier alpha value is -4.45. The van der Waals surface area contributed by atoms with E-state index in [0.717, 1.165) is 22.4 Å². The number of imidazole rings is 1. The lowest BCUT2D eigenvalue weighted by atomic mass is 10.1. The fraction of sp³-hybridized carbons (Fsp3) is 0.0741. The van der Waals surface area contributed by atoms with Crippen molar-refractivity contribution in [1.29, 1.82) is 0 Å². The molecule has 0 unspecified atom stereocenters. The first-order valence-corrected chi connectivity index (χ1v) is 10.5. The minimum atomic E-state index is -0.275. The average Bonchev–Trinajstić information content (AvgIpc) is 3.37. The first-order chi connectivity index (χ1) is 16.0. The minimum absolute atomic E-state index is 0.118. The molecule has 4 rings (SSSR count). The summed E-state index contributed by atoms with van der Waals surface area (Å²) in [6, 6.07) is 22.4. The van der Waals surface area contributed by atoms with Gasteiger partial charge in [-0.2, -0.15) is 0 Å². The van der Waals surface area contributed by atoms with Gasteiger partial charge in [-0.3, -0.25) is 9.59 Å². The molecule has 2 amide bonds. The van der Waals surface area contributed by atoms with Crippen molar-refractivity contribution in [3.8, 4) is 11.4 Å².